The predicted molar refractivity (Wildman–Crippen MR) is 85.8 cm³/mol. The Morgan fingerprint density at radius 1 is 1.14 bits per heavy atom. The lowest BCUT2D eigenvalue weighted by atomic mass is 10.2. The molecule has 0 spiro atoms. The van der Waals surface area contributed by atoms with Crippen molar-refractivity contribution in [3.05, 3.63) is 58.6 Å². The van der Waals surface area contributed by atoms with Crippen LogP contribution in [0.3, 0.4) is 0 Å². The highest BCUT2D eigenvalue weighted by molar-refractivity contribution is 9.10. The number of sulfonamides is 1. The molecule has 0 bridgehead atoms. The predicted octanol–water partition coefficient (Wildman–Crippen LogP) is 3.33. The molecule has 21 heavy (non-hydrogen) atoms. The number of rotatable bonds is 6. The van der Waals surface area contributed by atoms with Crippen LogP contribution in [0.25, 0.3) is 0 Å². The number of ether oxygens (including phenoxy) is 1. The first kappa shape index (κ1) is 16.0. The molecule has 0 aliphatic rings. The second-order valence-electron chi connectivity index (χ2n) is 4.34. The van der Waals surface area contributed by atoms with Crippen LogP contribution in [0.1, 0.15) is 12.5 Å². The third-order valence-corrected chi connectivity index (χ3v) is 5.22. The van der Waals surface area contributed by atoms with Crippen LogP contribution in [0, 0.1) is 0 Å². The molecule has 0 heterocycles. The molecule has 0 aliphatic carbocycles. The van der Waals surface area contributed by atoms with Crippen molar-refractivity contribution in [3.63, 3.8) is 0 Å². The van der Waals surface area contributed by atoms with Gasteiger partial charge in [-0.15, -0.1) is 0 Å². The topological polar surface area (TPSA) is 55.4 Å². The number of benzene rings is 2. The molecule has 0 atom stereocenters. The fourth-order valence-electron chi connectivity index (χ4n) is 1.83. The highest BCUT2D eigenvalue weighted by atomic mass is 79.9. The molecule has 0 aromatic heterocycles. The summed E-state index contributed by atoms with van der Waals surface area (Å²) in [5.74, 6) is 0.732. The highest BCUT2D eigenvalue weighted by Crippen LogP contribution is 2.21. The number of hydrogen-bond donors (Lipinski definition) is 1. The second-order valence-corrected chi connectivity index (χ2v) is 6.93. The van der Waals surface area contributed by atoms with Gasteiger partial charge in [-0.05, 0) is 52.7 Å². The van der Waals surface area contributed by atoms with Gasteiger partial charge in [0.05, 0.1) is 11.5 Å². The van der Waals surface area contributed by atoms with E-state index in [2.05, 4.69) is 20.7 Å². The first-order chi connectivity index (χ1) is 10.0. The third kappa shape index (κ3) is 4.30. The molecule has 0 amide bonds. The lowest BCUT2D eigenvalue weighted by molar-refractivity contribution is 0.340. The molecule has 6 heteroatoms. The Morgan fingerprint density at radius 3 is 2.62 bits per heavy atom. The van der Waals surface area contributed by atoms with Crippen LogP contribution >= 0.6 is 15.9 Å². The van der Waals surface area contributed by atoms with Gasteiger partial charge in [0.2, 0.25) is 10.0 Å². The van der Waals surface area contributed by atoms with Gasteiger partial charge in [0.15, 0.2) is 0 Å². The molecular weight excluding hydrogens is 354 g/mol. The van der Waals surface area contributed by atoms with Crippen LogP contribution in [0.5, 0.6) is 5.75 Å². The van der Waals surface area contributed by atoms with Crippen molar-refractivity contribution in [2.24, 2.45) is 0 Å². The van der Waals surface area contributed by atoms with Crippen molar-refractivity contribution in [2.45, 2.75) is 18.4 Å². The molecule has 2 rings (SSSR count). The van der Waals surface area contributed by atoms with Crippen LogP contribution < -0.4 is 9.46 Å². The SMILES string of the molecule is CCOc1cccc(CNS(=O)(=O)c2ccccc2Br)c1. The Labute approximate surface area is 133 Å². The molecule has 0 fully saturated rings. The standard InChI is InChI=1S/C15H16BrNO3S/c1-2-20-13-7-5-6-12(10-13)11-17-21(18,19)15-9-4-3-8-14(15)16/h3-10,17H,2,11H2,1H3. The average Bonchev–Trinajstić information content (AvgIpc) is 2.46. The van der Waals surface area contributed by atoms with Gasteiger partial charge in [-0.1, -0.05) is 24.3 Å². The lowest BCUT2D eigenvalue weighted by Crippen LogP contribution is -2.23. The van der Waals surface area contributed by atoms with Crippen LogP contribution in [0.15, 0.2) is 57.9 Å². The largest absolute Gasteiger partial charge is 0.494 e. The van der Waals surface area contributed by atoms with Gasteiger partial charge < -0.3 is 4.74 Å². The molecule has 0 unspecified atom stereocenters. The summed E-state index contributed by atoms with van der Waals surface area (Å²) in [6.45, 7) is 2.69. The van der Waals surface area contributed by atoms with E-state index in [9.17, 15) is 8.42 Å². The molecule has 0 aliphatic heterocycles. The molecule has 0 saturated heterocycles. The summed E-state index contributed by atoms with van der Waals surface area (Å²) in [6, 6.07) is 14.1. The first-order valence-corrected chi connectivity index (χ1v) is 8.76. The average molecular weight is 370 g/mol. The molecule has 0 saturated carbocycles. The summed E-state index contributed by atoms with van der Waals surface area (Å²) < 4.78 is 33.1. The monoisotopic (exact) mass is 369 g/mol. The summed E-state index contributed by atoms with van der Waals surface area (Å²) >= 11 is 3.25. The Bertz CT molecular complexity index is 716. The molecule has 2 aromatic rings. The minimum Gasteiger partial charge on any atom is -0.494 e. The molecule has 1 N–H and O–H groups in total. The smallest absolute Gasteiger partial charge is 0.241 e. The van der Waals surface area contributed by atoms with Crippen LogP contribution in [-0.4, -0.2) is 15.0 Å². The van der Waals surface area contributed by atoms with E-state index in [1.165, 1.54) is 0 Å². The van der Waals surface area contributed by atoms with E-state index in [-0.39, 0.29) is 11.4 Å². The number of hydrogen-bond acceptors (Lipinski definition) is 3. The molecular formula is C15H16BrNO3S. The molecule has 112 valence electrons. The maximum absolute atomic E-state index is 12.3. The van der Waals surface area contributed by atoms with E-state index in [1.807, 2.05) is 31.2 Å². The molecule has 2 aromatic carbocycles. The van der Waals surface area contributed by atoms with E-state index < -0.39 is 10.0 Å². The number of nitrogens with one attached hydrogen (secondary N) is 1. The Kier molecular flexibility index (Phi) is 5.39. The van der Waals surface area contributed by atoms with Gasteiger partial charge in [0.1, 0.15) is 5.75 Å². The number of halogens is 1. The lowest BCUT2D eigenvalue weighted by Gasteiger charge is -2.09. The van der Waals surface area contributed by atoms with E-state index in [1.54, 1.807) is 24.3 Å². The van der Waals surface area contributed by atoms with Crippen molar-refractivity contribution < 1.29 is 13.2 Å². The zero-order valence-electron chi connectivity index (χ0n) is 11.5. The van der Waals surface area contributed by atoms with Crippen molar-refractivity contribution in [1.29, 1.82) is 0 Å². The maximum Gasteiger partial charge on any atom is 0.241 e. The summed E-state index contributed by atoms with van der Waals surface area (Å²) in [6.07, 6.45) is 0. The van der Waals surface area contributed by atoms with E-state index in [0.717, 1.165) is 11.3 Å². The highest BCUT2D eigenvalue weighted by Gasteiger charge is 2.16. The van der Waals surface area contributed by atoms with Crippen LogP contribution in [-0.2, 0) is 16.6 Å². The van der Waals surface area contributed by atoms with Crippen molar-refractivity contribution in [2.75, 3.05) is 6.61 Å². The molecule has 0 radical (unpaired) electrons. The Hall–Kier alpha value is -1.37. The second kappa shape index (κ2) is 7.06. The fourth-order valence-corrected chi connectivity index (χ4v) is 3.85. The zero-order chi connectivity index (χ0) is 15.3. The maximum atomic E-state index is 12.3. The Morgan fingerprint density at radius 2 is 1.90 bits per heavy atom. The van der Waals surface area contributed by atoms with Gasteiger partial charge in [-0.25, -0.2) is 13.1 Å². The van der Waals surface area contributed by atoms with Crippen molar-refractivity contribution >= 4 is 26.0 Å². The van der Waals surface area contributed by atoms with Crippen LogP contribution in [0.4, 0.5) is 0 Å². The van der Waals surface area contributed by atoms with E-state index in [4.69, 9.17) is 4.74 Å². The molecule has 4 nitrogen and oxygen atoms in total. The minimum absolute atomic E-state index is 0.213. The first-order valence-electron chi connectivity index (χ1n) is 6.49. The van der Waals surface area contributed by atoms with Gasteiger partial charge >= 0.3 is 0 Å². The summed E-state index contributed by atoms with van der Waals surface area (Å²) in [4.78, 5) is 0.228. The summed E-state index contributed by atoms with van der Waals surface area (Å²) in [5.41, 5.74) is 0.844. The van der Waals surface area contributed by atoms with Gasteiger partial charge in [0.25, 0.3) is 0 Å². The van der Waals surface area contributed by atoms with Gasteiger partial charge in [0, 0.05) is 11.0 Å². The summed E-state index contributed by atoms with van der Waals surface area (Å²) in [7, 11) is -3.55. The Balaban J connectivity index is 2.12. The zero-order valence-corrected chi connectivity index (χ0v) is 13.9. The van der Waals surface area contributed by atoms with E-state index in [0.29, 0.717) is 11.1 Å². The van der Waals surface area contributed by atoms with E-state index >= 15 is 0 Å². The quantitative estimate of drug-likeness (QED) is 0.849. The van der Waals surface area contributed by atoms with Gasteiger partial charge in [-0.3, -0.25) is 0 Å². The van der Waals surface area contributed by atoms with Gasteiger partial charge in [-0.2, -0.15) is 0 Å². The summed E-state index contributed by atoms with van der Waals surface area (Å²) in [5, 5.41) is 0. The third-order valence-electron chi connectivity index (χ3n) is 2.80. The van der Waals surface area contributed by atoms with Crippen LogP contribution in [0.2, 0.25) is 0 Å². The van der Waals surface area contributed by atoms with Crippen molar-refractivity contribution in [3.8, 4) is 5.75 Å². The van der Waals surface area contributed by atoms with Crippen molar-refractivity contribution in [1.82, 2.24) is 4.72 Å². The fraction of sp³-hybridized carbons (Fsp3) is 0.200. The minimum atomic E-state index is -3.55. The normalized spacial score (nSPS) is 11.3.